The highest BCUT2D eigenvalue weighted by Gasteiger charge is 2.22. The number of esters is 1. The van der Waals surface area contributed by atoms with E-state index in [0.29, 0.717) is 25.3 Å². The van der Waals surface area contributed by atoms with Gasteiger partial charge in [-0.3, -0.25) is 4.90 Å². The second-order valence-corrected chi connectivity index (χ2v) is 4.93. The molecule has 116 valence electrons. The Bertz CT molecular complexity index is 516. The lowest BCUT2D eigenvalue weighted by molar-refractivity contribution is 0.0602. The molecule has 0 amide bonds. The Kier molecular flexibility index (Phi) is 4.98. The molecule has 0 spiro atoms. The monoisotopic (exact) mass is 297 g/mol. The van der Waals surface area contributed by atoms with Crippen LogP contribution >= 0.6 is 0 Å². The molecule has 7 heteroatoms. The van der Waals surface area contributed by atoms with Crippen LogP contribution in [-0.2, 0) is 4.74 Å². The molecule has 1 aliphatic rings. The van der Waals surface area contributed by atoms with E-state index in [4.69, 9.17) is 10.8 Å². The maximum Gasteiger partial charge on any atom is 0.340 e. The third-order valence-corrected chi connectivity index (χ3v) is 3.65. The summed E-state index contributed by atoms with van der Waals surface area (Å²) in [4.78, 5) is 15.6. The predicted molar refractivity (Wildman–Crippen MR) is 77.9 cm³/mol. The minimum Gasteiger partial charge on any atom is -0.465 e. The number of hydrogen-bond acceptors (Lipinski definition) is 6. The Morgan fingerprint density at radius 2 is 2.05 bits per heavy atom. The smallest absolute Gasteiger partial charge is 0.340 e. The van der Waals surface area contributed by atoms with E-state index in [9.17, 15) is 9.18 Å². The van der Waals surface area contributed by atoms with Crippen molar-refractivity contribution in [2.24, 2.45) is 0 Å². The van der Waals surface area contributed by atoms with Crippen molar-refractivity contribution in [2.75, 3.05) is 57.1 Å². The molecule has 1 heterocycles. The Balaban J connectivity index is 2.18. The number of benzene rings is 1. The number of nitrogens with two attached hydrogens (primary N) is 1. The van der Waals surface area contributed by atoms with Crippen molar-refractivity contribution >= 4 is 17.3 Å². The number of anilines is 2. The number of nitrogen functional groups attached to an aromatic ring is 1. The van der Waals surface area contributed by atoms with Crippen molar-refractivity contribution in [2.45, 2.75) is 0 Å². The molecule has 1 aromatic carbocycles. The van der Waals surface area contributed by atoms with Crippen LogP contribution < -0.4 is 10.6 Å². The van der Waals surface area contributed by atoms with Crippen LogP contribution in [0.3, 0.4) is 0 Å². The first-order valence-corrected chi connectivity index (χ1v) is 6.82. The normalized spacial score (nSPS) is 16.0. The van der Waals surface area contributed by atoms with Gasteiger partial charge in [0.15, 0.2) is 0 Å². The van der Waals surface area contributed by atoms with Gasteiger partial charge in [-0.1, -0.05) is 0 Å². The number of aliphatic hydroxyl groups is 1. The fourth-order valence-corrected chi connectivity index (χ4v) is 2.46. The number of β-amino-alcohol motifs (C(OH)–C–C–N with tert-alkyl or cyclic N) is 1. The van der Waals surface area contributed by atoms with Gasteiger partial charge in [0.05, 0.1) is 25.0 Å². The van der Waals surface area contributed by atoms with E-state index < -0.39 is 11.8 Å². The summed E-state index contributed by atoms with van der Waals surface area (Å²) in [5.74, 6) is -1.02. The molecule has 0 radical (unpaired) electrons. The molecule has 1 saturated heterocycles. The molecule has 0 unspecified atom stereocenters. The summed E-state index contributed by atoms with van der Waals surface area (Å²) in [6.07, 6.45) is 0. The average Bonchev–Trinajstić information content (AvgIpc) is 2.48. The Hall–Kier alpha value is -1.86. The maximum absolute atomic E-state index is 14.1. The van der Waals surface area contributed by atoms with Crippen LogP contribution in [0.15, 0.2) is 12.1 Å². The SMILES string of the molecule is COC(=O)c1cc(N2CCN(CCO)CC2)c(F)cc1N. The zero-order chi connectivity index (χ0) is 15.4. The van der Waals surface area contributed by atoms with Crippen LogP contribution in [-0.4, -0.2) is 62.4 Å². The van der Waals surface area contributed by atoms with Gasteiger partial charge in [0.1, 0.15) is 5.82 Å². The fraction of sp³-hybridized carbons (Fsp3) is 0.500. The summed E-state index contributed by atoms with van der Waals surface area (Å²) >= 11 is 0. The summed E-state index contributed by atoms with van der Waals surface area (Å²) in [5.41, 5.74) is 6.26. The summed E-state index contributed by atoms with van der Waals surface area (Å²) in [6.45, 7) is 3.45. The van der Waals surface area contributed by atoms with E-state index in [-0.39, 0.29) is 17.9 Å². The van der Waals surface area contributed by atoms with Crippen LogP contribution in [0.25, 0.3) is 0 Å². The van der Waals surface area contributed by atoms with Gasteiger partial charge in [0.25, 0.3) is 0 Å². The zero-order valence-corrected chi connectivity index (χ0v) is 12.0. The van der Waals surface area contributed by atoms with Gasteiger partial charge in [-0.25, -0.2) is 9.18 Å². The van der Waals surface area contributed by atoms with Crippen molar-refractivity contribution < 1.29 is 19.0 Å². The number of methoxy groups -OCH3 is 1. The number of carbonyl (C=O) groups is 1. The second kappa shape index (κ2) is 6.73. The average molecular weight is 297 g/mol. The number of hydrogen-bond donors (Lipinski definition) is 2. The quantitative estimate of drug-likeness (QED) is 0.615. The molecule has 1 aromatic rings. The number of rotatable bonds is 4. The van der Waals surface area contributed by atoms with Crippen molar-refractivity contribution in [3.05, 3.63) is 23.5 Å². The van der Waals surface area contributed by atoms with E-state index in [1.807, 2.05) is 4.90 Å². The van der Waals surface area contributed by atoms with Crippen LogP contribution in [0.2, 0.25) is 0 Å². The molecule has 2 rings (SSSR count). The second-order valence-electron chi connectivity index (χ2n) is 4.93. The molecular formula is C14H20FN3O3. The number of ether oxygens (including phenoxy) is 1. The topological polar surface area (TPSA) is 79.0 Å². The molecule has 21 heavy (non-hydrogen) atoms. The van der Waals surface area contributed by atoms with Crippen LogP contribution in [0.4, 0.5) is 15.8 Å². The third kappa shape index (κ3) is 3.43. The predicted octanol–water partition coefficient (Wildman–Crippen LogP) is 0.309. The Morgan fingerprint density at radius 1 is 1.38 bits per heavy atom. The molecule has 6 nitrogen and oxygen atoms in total. The van der Waals surface area contributed by atoms with Crippen molar-refractivity contribution in [1.29, 1.82) is 0 Å². The highest BCUT2D eigenvalue weighted by molar-refractivity contribution is 5.96. The first kappa shape index (κ1) is 15.5. The summed E-state index contributed by atoms with van der Waals surface area (Å²) in [5, 5.41) is 8.92. The van der Waals surface area contributed by atoms with E-state index in [1.165, 1.54) is 13.2 Å². The first-order valence-electron chi connectivity index (χ1n) is 6.82. The lowest BCUT2D eigenvalue weighted by Crippen LogP contribution is -2.47. The van der Waals surface area contributed by atoms with Gasteiger partial charge in [0, 0.05) is 38.4 Å². The first-order chi connectivity index (χ1) is 10.1. The number of carbonyl (C=O) groups excluding carboxylic acids is 1. The largest absolute Gasteiger partial charge is 0.465 e. The highest BCUT2D eigenvalue weighted by Crippen LogP contribution is 2.27. The van der Waals surface area contributed by atoms with Crippen molar-refractivity contribution in [3.63, 3.8) is 0 Å². The number of nitrogens with zero attached hydrogens (tertiary/aromatic N) is 2. The van der Waals surface area contributed by atoms with E-state index in [1.54, 1.807) is 0 Å². The highest BCUT2D eigenvalue weighted by atomic mass is 19.1. The molecule has 0 atom stereocenters. The van der Waals surface area contributed by atoms with Gasteiger partial charge >= 0.3 is 5.97 Å². The van der Waals surface area contributed by atoms with Crippen LogP contribution in [0.1, 0.15) is 10.4 Å². The van der Waals surface area contributed by atoms with Crippen LogP contribution in [0, 0.1) is 5.82 Å². The summed E-state index contributed by atoms with van der Waals surface area (Å²) in [6, 6.07) is 2.60. The van der Waals surface area contributed by atoms with Crippen LogP contribution in [0.5, 0.6) is 0 Å². The number of aliphatic hydroxyl groups excluding tert-OH is 1. The van der Waals surface area contributed by atoms with E-state index in [2.05, 4.69) is 9.64 Å². The third-order valence-electron chi connectivity index (χ3n) is 3.65. The maximum atomic E-state index is 14.1. The molecule has 1 fully saturated rings. The van der Waals surface area contributed by atoms with Gasteiger partial charge < -0.3 is 20.5 Å². The zero-order valence-electron chi connectivity index (χ0n) is 12.0. The summed E-state index contributed by atoms with van der Waals surface area (Å²) in [7, 11) is 1.26. The van der Waals surface area contributed by atoms with Crippen molar-refractivity contribution in [3.8, 4) is 0 Å². The molecule has 0 bridgehead atoms. The lowest BCUT2D eigenvalue weighted by atomic mass is 10.1. The minimum atomic E-state index is -0.576. The molecule has 1 aliphatic heterocycles. The number of halogens is 1. The van der Waals surface area contributed by atoms with Crippen molar-refractivity contribution in [1.82, 2.24) is 4.90 Å². The molecule has 3 N–H and O–H groups in total. The minimum absolute atomic E-state index is 0.0713. The van der Waals surface area contributed by atoms with E-state index >= 15 is 0 Å². The van der Waals surface area contributed by atoms with Gasteiger partial charge in [-0.15, -0.1) is 0 Å². The fourth-order valence-electron chi connectivity index (χ4n) is 2.46. The molecular weight excluding hydrogens is 277 g/mol. The van der Waals surface area contributed by atoms with Gasteiger partial charge in [-0.05, 0) is 12.1 Å². The molecule has 0 saturated carbocycles. The van der Waals surface area contributed by atoms with Gasteiger partial charge in [0.2, 0.25) is 0 Å². The molecule has 0 aliphatic carbocycles. The Labute approximate surface area is 122 Å². The molecule has 0 aromatic heterocycles. The van der Waals surface area contributed by atoms with E-state index in [0.717, 1.165) is 19.2 Å². The summed E-state index contributed by atoms with van der Waals surface area (Å²) < 4.78 is 18.8. The lowest BCUT2D eigenvalue weighted by Gasteiger charge is -2.36. The standard InChI is InChI=1S/C14H20FN3O3/c1-21-14(20)10-8-13(11(15)9-12(10)16)18-4-2-17(3-5-18)6-7-19/h8-9,19H,2-7,16H2,1H3. The number of piperazine rings is 1. The van der Waals surface area contributed by atoms with Gasteiger partial charge in [-0.2, -0.15) is 0 Å². The Morgan fingerprint density at radius 3 is 2.62 bits per heavy atom.